The van der Waals surface area contributed by atoms with Crippen LogP contribution in [0, 0.1) is 0 Å². The van der Waals surface area contributed by atoms with Crippen LogP contribution in [0.3, 0.4) is 0 Å². The normalized spacial score (nSPS) is 23.6. The van der Waals surface area contributed by atoms with Gasteiger partial charge < -0.3 is 4.43 Å². The first-order valence-electron chi connectivity index (χ1n) is 7.66. The first-order chi connectivity index (χ1) is 9.58. The lowest BCUT2D eigenvalue weighted by Crippen LogP contribution is -2.28. The fourth-order valence-corrected chi connectivity index (χ4v) is 5.76. The SMILES string of the molecule is C=C/C(CCCC)=C1\CC(c2ccccc2)O[Si]1(C)C. The Kier molecular flexibility index (Phi) is 5.00. The highest BCUT2D eigenvalue weighted by Gasteiger charge is 2.40. The fourth-order valence-electron chi connectivity index (χ4n) is 3.01. The molecule has 0 spiro atoms. The third kappa shape index (κ3) is 3.31. The van der Waals surface area contributed by atoms with Crippen LogP contribution in [0.25, 0.3) is 0 Å². The van der Waals surface area contributed by atoms with Crippen LogP contribution in [0.4, 0.5) is 0 Å². The van der Waals surface area contributed by atoms with E-state index in [2.05, 4.69) is 63.0 Å². The van der Waals surface area contributed by atoms with Crippen molar-refractivity contribution in [3.8, 4) is 0 Å². The van der Waals surface area contributed by atoms with Crippen LogP contribution in [-0.4, -0.2) is 8.32 Å². The van der Waals surface area contributed by atoms with Gasteiger partial charge in [0.25, 0.3) is 0 Å². The first kappa shape index (κ1) is 15.3. The van der Waals surface area contributed by atoms with Crippen molar-refractivity contribution in [3.05, 3.63) is 59.3 Å². The Balaban J connectivity index is 2.26. The Morgan fingerprint density at radius 2 is 2.05 bits per heavy atom. The molecule has 0 aliphatic carbocycles. The van der Waals surface area contributed by atoms with Crippen LogP contribution in [0.15, 0.2) is 53.8 Å². The average molecular weight is 286 g/mol. The van der Waals surface area contributed by atoms with Gasteiger partial charge in [-0.1, -0.05) is 61.9 Å². The minimum Gasteiger partial charge on any atom is -0.406 e. The highest BCUT2D eigenvalue weighted by atomic mass is 28.4. The Hall–Kier alpha value is -1.12. The number of benzene rings is 1. The molecule has 1 aromatic rings. The van der Waals surface area contributed by atoms with Gasteiger partial charge in [0.2, 0.25) is 8.32 Å². The molecule has 1 unspecified atom stereocenters. The summed E-state index contributed by atoms with van der Waals surface area (Å²) >= 11 is 0. The van der Waals surface area contributed by atoms with Gasteiger partial charge in [0.15, 0.2) is 0 Å². The van der Waals surface area contributed by atoms with E-state index in [-0.39, 0.29) is 6.10 Å². The number of hydrogen-bond donors (Lipinski definition) is 0. The molecular formula is C18H26OSi. The molecule has 1 atom stereocenters. The van der Waals surface area contributed by atoms with E-state index < -0.39 is 8.32 Å². The molecule has 1 aliphatic rings. The molecule has 1 nitrogen and oxygen atoms in total. The lowest BCUT2D eigenvalue weighted by Gasteiger charge is -2.20. The van der Waals surface area contributed by atoms with E-state index in [0.29, 0.717) is 0 Å². The van der Waals surface area contributed by atoms with Gasteiger partial charge in [-0.3, -0.25) is 0 Å². The number of hydrogen-bond acceptors (Lipinski definition) is 1. The van der Waals surface area contributed by atoms with Crippen molar-refractivity contribution in [1.29, 1.82) is 0 Å². The average Bonchev–Trinajstić information content (AvgIpc) is 2.77. The predicted molar refractivity (Wildman–Crippen MR) is 89.1 cm³/mol. The van der Waals surface area contributed by atoms with E-state index >= 15 is 0 Å². The zero-order chi connectivity index (χ0) is 14.6. The van der Waals surface area contributed by atoms with Gasteiger partial charge >= 0.3 is 0 Å². The Morgan fingerprint density at radius 3 is 2.65 bits per heavy atom. The topological polar surface area (TPSA) is 9.23 Å². The van der Waals surface area contributed by atoms with Gasteiger partial charge in [-0.05, 0) is 43.1 Å². The maximum atomic E-state index is 6.44. The summed E-state index contributed by atoms with van der Waals surface area (Å²) in [5.74, 6) is 0. The second-order valence-corrected chi connectivity index (χ2v) is 9.90. The lowest BCUT2D eigenvalue weighted by molar-refractivity contribution is 0.230. The molecule has 1 saturated heterocycles. The quantitative estimate of drug-likeness (QED) is 0.643. The van der Waals surface area contributed by atoms with Crippen LogP contribution in [0.5, 0.6) is 0 Å². The Morgan fingerprint density at radius 1 is 1.35 bits per heavy atom. The van der Waals surface area contributed by atoms with Crippen LogP contribution >= 0.6 is 0 Å². The summed E-state index contributed by atoms with van der Waals surface area (Å²) in [6.07, 6.45) is 6.98. The van der Waals surface area contributed by atoms with Gasteiger partial charge in [0, 0.05) is 0 Å². The molecule has 1 aromatic carbocycles. The molecule has 1 aliphatic heterocycles. The molecule has 0 amide bonds. The Labute approximate surface area is 124 Å². The van der Waals surface area contributed by atoms with Crippen molar-refractivity contribution in [2.24, 2.45) is 0 Å². The van der Waals surface area contributed by atoms with E-state index in [1.165, 1.54) is 24.0 Å². The Bertz CT molecular complexity index is 487. The van der Waals surface area contributed by atoms with Gasteiger partial charge in [-0.25, -0.2) is 0 Å². The molecule has 2 rings (SSSR count). The van der Waals surface area contributed by atoms with E-state index in [4.69, 9.17) is 4.43 Å². The van der Waals surface area contributed by atoms with Crippen molar-refractivity contribution < 1.29 is 4.43 Å². The van der Waals surface area contributed by atoms with Gasteiger partial charge in [-0.2, -0.15) is 0 Å². The molecule has 2 heteroatoms. The maximum Gasteiger partial charge on any atom is 0.215 e. The number of unbranched alkanes of at least 4 members (excludes halogenated alkanes) is 1. The van der Waals surface area contributed by atoms with E-state index in [1.807, 2.05) is 0 Å². The summed E-state index contributed by atoms with van der Waals surface area (Å²) in [7, 11) is -1.74. The molecule has 1 heterocycles. The molecule has 20 heavy (non-hydrogen) atoms. The highest BCUT2D eigenvalue weighted by molar-refractivity contribution is 6.79. The van der Waals surface area contributed by atoms with E-state index in [1.54, 1.807) is 5.20 Å². The summed E-state index contributed by atoms with van der Waals surface area (Å²) in [5, 5.41) is 1.56. The third-order valence-electron chi connectivity index (χ3n) is 4.16. The van der Waals surface area contributed by atoms with Gasteiger partial charge in [-0.15, -0.1) is 0 Å². The molecule has 0 bridgehead atoms. The molecule has 0 aromatic heterocycles. The first-order valence-corrected chi connectivity index (χ1v) is 10.6. The maximum absolute atomic E-state index is 6.44. The van der Waals surface area contributed by atoms with Crippen molar-refractivity contribution in [1.82, 2.24) is 0 Å². The molecule has 0 radical (unpaired) electrons. The zero-order valence-corrected chi connectivity index (χ0v) is 14.0. The number of allylic oxidation sites excluding steroid dienone is 2. The van der Waals surface area contributed by atoms with Crippen LogP contribution < -0.4 is 0 Å². The van der Waals surface area contributed by atoms with Gasteiger partial charge in [0.1, 0.15) is 0 Å². The summed E-state index contributed by atoms with van der Waals surface area (Å²) in [4.78, 5) is 0. The van der Waals surface area contributed by atoms with Crippen LogP contribution in [-0.2, 0) is 4.43 Å². The highest BCUT2D eigenvalue weighted by Crippen LogP contribution is 2.42. The van der Waals surface area contributed by atoms with Crippen molar-refractivity contribution in [2.45, 2.75) is 51.8 Å². The van der Waals surface area contributed by atoms with E-state index in [9.17, 15) is 0 Å². The largest absolute Gasteiger partial charge is 0.406 e. The summed E-state index contributed by atoms with van der Waals surface area (Å²) in [6, 6.07) is 10.6. The standard InChI is InChI=1S/C18H26OSi/c1-5-7-11-15(6-2)18-14-17(19-20(18,3)4)16-12-9-8-10-13-16/h6,8-10,12-13,17H,2,5,7,11,14H2,1,3-4H3/b18-15-. The monoisotopic (exact) mass is 286 g/mol. The molecule has 0 saturated carbocycles. The van der Waals surface area contributed by atoms with Crippen LogP contribution in [0.2, 0.25) is 13.1 Å². The molecule has 0 N–H and O–H groups in total. The van der Waals surface area contributed by atoms with Gasteiger partial charge in [0.05, 0.1) is 6.10 Å². The van der Waals surface area contributed by atoms with Crippen LogP contribution in [0.1, 0.15) is 44.3 Å². The minimum atomic E-state index is -1.74. The van der Waals surface area contributed by atoms with Crippen molar-refractivity contribution in [2.75, 3.05) is 0 Å². The number of rotatable bonds is 5. The molecule has 1 fully saturated rings. The minimum absolute atomic E-state index is 0.240. The van der Waals surface area contributed by atoms with E-state index in [0.717, 1.165) is 12.8 Å². The predicted octanol–water partition coefficient (Wildman–Crippen LogP) is 5.57. The fraction of sp³-hybridized carbons (Fsp3) is 0.444. The summed E-state index contributed by atoms with van der Waals surface area (Å²) in [6.45, 7) is 10.9. The molecule has 108 valence electrons. The second kappa shape index (κ2) is 6.55. The third-order valence-corrected chi connectivity index (χ3v) is 7.01. The zero-order valence-electron chi connectivity index (χ0n) is 13.0. The lowest BCUT2D eigenvalue weighted by atomic mass is 10.0. The molecular weight excluding hydrogens is 260 g/mol. The van der Waals surface area contributed by atoms with Crippen molar-refractivity contribution >= 4 is 8.32 Å². The smallest absolute Gasteiger partial charge is 0.215 e. The summed E-state index contributed by atoms with van der Waals surface area (Å²) < 4.78 is 6.44. The van der Waals surface area contributed by atoms with Crippen molar-refractivity contribution in [3.63, 3.8) is 0 Å². The summed E-state index contributed by atoms with van der Waals surface area (Å²) in [5.41, 5.74) is 2.75. The second-order valence-electron chi connectivity index (χ2n) is 6.04.